The lowest BCUT2D eigenvalue weighted by Crippen LogP contribution is -2.17. The minimum Gasteiger partial charge on any atom is -0.492 e. The van der Waals surface area contributed by atoms with E-state index in [0.717, 1.165) is 11.6 Å². The number of nitrogens with one attached hydrogen (secondary N) is 1. The molecule has 0 aliphatic heterocycles. The van der Waals surface area contributed by atoms with Crippen molar-refractivity contribution in [3.63, 3.8) is 0 Å². The lowest BCUT2D eigenvalue weighted by molar-refractivity contribution is -0.136. The lowest BCUT2D eigenvalue weighted by atomic mass is 10.1. The fourth-order valence-corrected chi connectivity index (χ4v) is 3.60. The number of benzene rings is 3. The number of rotatable bonds is 6. The minimum absolute atomic E-state index is 0.153. The van der Waals surface area contributed by atoms with Crippen molar-refractivity contribution >= 4 is 34.2 Å². The van der Waals surface area contributed by atoms with E-state index in [1.165, 1.54) is 37.4 Å². The van der Waals surface area contributed by atoms with Crippen molar-refractivity contribution in [3.8, 4) is 11.5 Å². The predicted octanol–water partition coefficient (Wildman–Crippen LogP) is 6.15. The van der Waals surface area contributed by atoms with E-state index in [-0.39, 0.29) is 17.9 Å². The molecule has 3 aromatic carbocycles. The standard InChI is InChI=1S/C22H17F3INO3/c1-29-20-17(26)11-15(12-19(20)30-13-14-7-3-2-4-8-14)21(28)27-18-10-6-5-9-16(18)22(23,24)25/h2-12H,13H2,1H3,(H,27,28). The number of hydrogen-bond acceptors (Lipinski definition) is 3. The Morgan fingerprint density at radius 1 is 1.03 bits per heavy atom. The van der Waals surface area contributed by atoms with Gasteiger partial charge >= 0.3 is 6.18 Å². The summed E-state index contributed by atoms with van der Waals surface area (Å²) in [4.78, 5) is 12.7. The summed E-state index contributed by atoms with van der Waals surface area (Å²) < 4.78 is 51.4. The summed E-state index contributed by atoms with van der Waals surface area (Å²) in [5, 5.41) is 2.34. The second-order valence-electron chi connectivity index (χ2n) is 6.26. The Hall–Kier alpha value is -2.75. The number of ether oxygens (including phenoxy) is 2. The summed E-state index contributed by atoms with van der Waals surface area (Å²) in [6.45, 7) is 0.245. The Kier molecular flexibility index (Phi) is 6.86. The second kappa shape index (κ2) is 9.38. The van der Waals surface area contributed by atoms with E-state index in [9.17, 15) is 18.0 Å². The van der Waals surface area contributed by atoms with E-state index < -0.39 is 17.6 Å². The molecule has 30 heavy (non-hydrogen) atoms. The molecule has 4 nitrogen and oxygen atoms in total. The molecule has 0 fully saturated rings. The van der Waals surface area contributed by atoms with Gasteiger partial charge in [-0.2, -0.15) is 13.2 Å². The van der Waals surface area contributed by atoms with Gasteiger partial charge in [0.15, 0.2) is 11.5 Å². The fourth-order valence-electron chi connectivity index (χ4n) is 2.77. The summed E-state index contributed by atoms with van der Waals surface area (Å²) >= 11 is 1.98. The largest absolute Gasteiger partial charge is 0.492 e. The van der Waals surface area contributed by atoms with Crippen molar-refractivity contribution < 1.29 is 27.4 Å². The highest BCUT2D eigenvalue weighted by Crippen LogP contribution is 2.36. The molecule has 3 aromatic rings. The van der Waals surface area contributed by atoms with Gasteiger partial charge in [0.25, 0.3) is 5.91 Å². The molecule has 0 aliphatic rings. The molecule has 0 atom stereocenters. The van der Waals surface area contributed by atoms with Gasteiger partial charge < -0.3 is 14.8 Å². The zero-order valence-corrected chi connectivity index (χ0v) is 18.0. The van der Waals surface area contributed by atoms with Gasteiger partial charge in [-0.15, -0.1) is 0 Å². The van der Waals surface area contributed by atoms with Crippen molar-refractivity contribution in [2.45, 2.75) is 12.8 Å². The maximum Gasteiger partial charge on any atom is 0.418 e. The summed E-state index contributed by atoms with van der Waals surface area (Å²) in [6.07, 6.45) is -4.58. The van der Waals surface area contributed by atoms with Gasteiger partial charge in [-0.05, 0) is 52.4 Å². The maximum atomic E-state index is 13.2. The van der Waals surface area contributed by atoms with Crippen LogP contribution in [-0.4, -0.2) is 13.0 Å². The number of para-hydroxylation sites is 1. The van der Waals surface area contributed by atoms with Crippen LogP contribution in [0.2, 0.25) is 0 Å². The smallest absolute Gasteiger partial charge is 0.418 e. The molecule has 0 aliphatic carbocycles. The number of carbonyl (C=O) groups is 1. The van der Waals surface area contributed by atoms with Crippen LogP contribution in [0.1, 0.15) is 21.5 Å². The molecule has 0 aromatic heterocycles. The van der Waals surface area contributed by atoms with Crippen LogP contribution in [0.25, 0.3) is 0 Å². The molecule has 156 valence electrons. The molecule has 8 heteroatoms. The van der Waals surface area contributed by atoms with Gasteiger partial charge in [0.2, 0.25) is 0 Å². The molecule has 0 unspecified atom stereocenters. The summed E-state index contributed by atoms with van der Waals surface area (Å²) in [6, 6.07) is 17.2. The second-order valence-corrected chi connectivity index (χ2v) is 7.42. The average molecular weight is 527 g/mol. The Balaban J connectivity index is 1.87. The van der Waals surface area contributed by atoms with Crippen molar-refractivity contribution in [2.75, 3.05) is 12.4 Å². The number of carbonyl (C=O) groups excluding carboxylic acids is 1. The molecule has 0 heterocycles. The van der Waals surface area contributed by atoms with Crippen LogP contribution in [0.15, 0.2) is 66.7 Å². The van der Waals surface area contributed by atoms with E-state index in [1.807, 2.05) is 52.9 Å². The molecule has 0 bridgehead atoms. The number of amides is 1. The molecule has 0 spiro atoms. The van der Waals surface area contributed by atoms with Crippen LogP contribution >= 0.6 is 22.6 Å². The molecule has 1 amide bonds. The fraction of sp³-hybridized carbons (Fsp3) is 0.136. The third-order valence-electron chi connectivity index (χ3n) is 4.19. The number of hydrogen-bond donors (Lipinski definition) is 1. The average Bonchev–Trinajstić information content (AvgIpc) is 2.72. The Morgan fingerprint density at radius 2 is 1.70 bits per heavy atom. The third-order valence-corrected chi connectivity index (χ3v) is 4.99. The normalized spacial score (nSPS) is 11.1. The first-order valence-corrected chi connectivity index (χ1v) is 9.89. The van der Waals surface area contributed by atoms with Gasteiger partial charge in [0.1, 0.15) is 6.61 Å². The van der Waals surface area contributed by atoms with Crippen LogP contribution in [0.4, 0.5) is 18.9 Å². The van der Waals surface area contributed by atoms with Crippen molar-refractivity contribution in [1.82, 2.24) is 0 Å². The van der Waals surface area contributed by atoms with E-state index in [2.05, 4.69) is 5.32 Å². The predicted molar refractivity (Wildman–Crippen MR) is 116 cm³/mol. The van der Waals surface area contributed by atoms with Gasteiger partial charge in [-0.25, -0.2) is 0 Å². The lowest BCUT2D eigenvalue weighted by Gasteiger charge is -2.16. The number of halogens is 4. The maximum absolute atomic E-state index is 13.2. The molecule has 0 saturated heterocycles. The van der Waals surface area contributed by atoms with E-state index in [0.29, 0.717) is 15.1 Å². The van der Waals surface area contributed by atoms with Gasteiger partial charge in [-0.3, -0.25) is 4.79 Å². The monoisotopic (exact) mass is 527 g/mol. The van der Waals surface area contributed by atoms with Crippen molar-refractivity contribution in [3.05, 3.63) is 87.0 Å². The first-order chi connectivity index (χ1) is 14.3. The quantitative estimate of drug-likeness (QED) is 0.392. The molecule has 0 radical (unpaired) electrons. The van der Waals surface area contributed by atoms with Crippen LogP contribution in [0.5, 0.6) is 11.5 Å². The molecule has 1 N–H and O–H groups in total. The first kappa shape index (κ1) is 21.9. The Labute approximate surface area is 185 Å². The number of methoxy groups -OCH3 is 1. The Morgan fingerprint density at radius 3 is 2.37 bits per heavy atom. The first-order valence-electron chi connectivity index (χ1n) is 8.81. The van der Waals surface area contributed by atoms with E-state index in [1.54, 1.807) is 0 Å². The van der Waals surface area contributed by atoms with Crippen LogP contribution in [-0.2, 0) is 12.8 Å². The van der Waals surface area contributed by atoms with Gasteiger partial charge in [0, 0.05) is 5.56 Å². The van der Waals surface area contributed by atoms with Crippen LogP contribution in [0, 0.1) is 3.57 Å². The zero-order chi connectivity index (χ0) is 21.7. The molecular formula is C22H17F3INO3. The third kappa shape index (κ3) is 5.24. The minimum atomic E-state index is -4.58. The van der Waals surface area contributed by atoms with Crippen LogP contribution in [0.3, 0.4) is 0 Å². The molecular weight excluding hydrogens is 510 g/mol. The molecule has 0 saturated carbocycles. The summed E-state index contributed by atoms with van der Waals surface area (Å²) in [5.41, 5.74) is -0.154. The van der Waals surface area contributed by atoms with Crippen LogP contribution < -0.4 is 14.8 Å². The molecule has 3 rings (SSSR count). The highest BCUT2D eigenvalue weighted by molar-refractivity contribution is 14.1. The highest BCUT2D eigenvalue weighted by Gasteiger charge is 2.33. The summed E-state index contributed by atoms with van der Waals surface area (Å²) in [7, 11) is 1.48. The van der Waals surface area contributed by atoms with Crippen molar-refractivity contribution in [1.29, 1.82) is 0 Å². The zero-order valence-electron chi connectivity index (χ0n) is 15.8. The number of alkyl halides is 3. The Bertz CT molecular complexity index is 1040. The van der Waals surface area contributed by atoms with E-state index >= 15 is 0 Å². The van der Waals surface area contributed by atoms with E-state index in [4.69, 9.17) is 9.47 Å². The summed E-state index contributed by atoms with van der Waals surface area (Å²) in [5.74, 6) is 0.0816. The highest BCUT2D eigenvalue weighted by atomic mass is 127. The van der Waals surface area contributed by atoms with Gasteiger partial charge in [-0.1, -0.05) is 42.5 Å². The number of anilines is 1. The van der Waals surface area contributed by atoms with Gasteiger partial charge in [0.05, 0.1) is 21.9 Å². The topological polar surface area (TPSA) is 47.6 Å². The SMILES string of the molecule is COc1c(I)cc(C(=O)Nc2ccccc2C(F)(F)F)cc1OCc1ccccc1. The van der Waals surface area contributed by atoms with Crippen molar-refractivity contribution in [2.24, 2.45) is 0 Å².